The number of aryl methyl sites for hydroxylation is 1. The van der Waals surface area contributed by atoms with Crippen LogP contribution in [0.1, 0.15) is 16.7 Å². The van der Waals surface area contributed by atoms with Crippen LogP contribution in [0.3, 0.4) is 0 Å². The molecule has 2 amide bonds. The normalized spacial score (nSPS) is 10.9. The first-order valence-electron chi connectivity index (χ1n) is 9.77. The monoisotopic (exact) mass is 402 g/mol. The first-order valence-corrected chi connectivity index (χ1v) is 9.77. The number of nitrogens with zero attached hydrogens (tertiary/aromatic N) is 3. The quantitative estimate of drug-likeness (QED) is 0.618. The molecule has 3 aromatic rings. The average molecular weight is 402 g/mol. The summed E-state index contributed by atoms with van der Waals surface area (Å²) in [5.74, 6) is -0.483. The molecule has 0 fully saturated rings. The number of rotatable bonds is 7. The maximum Gasteiger partial charge on any atom is 0.244 e. The van der Waals surface area contributed by atoms with Gasteiger partial charge in [0.1, 0.15) is 0 Å². The van der Waals surface area contributed by atoms with Gasteiger partial charge in [-0.2, -0.15) is 5.10 Å². The Morgan fingerprint density at radius 3 is 2.43 bits per heavy atom. The van der Waals surface area contributed by atoms with Crippen LogP contribution >= 0.6 is 0 Å². The van der Waals surface area contributed by atoms with Crippen molar-refractivity contribution < 1.29 is 9.59 Å². The van der Waals surface area contributed by atoms with Gasteiger partial charge >= 0.3 is 0 Å². The summed E-state index contributed by atoms with van der Waals surface area (Å²) >= 11 is 0. The largest absolute Gasteiger partial charge is 0.347 e. The van der Waals surface area contributed by atoms with E-state index >= 15 is 0 Å². The van der Waals surface area contributed by atoms with Crippen molar-refractivity contribution in [3.05, 3.63) is 83.6 Å². The molecule has 0 radical (unpaired) electrons. The molecule has 0 aliphatic heterocycles. The lowest BCUT2D eigenvalue weighted by molar-refractivity contribution is -0.129. The van der Waals surface area contributed by atoms with Gasteiger partial charge in [-0.3, -0.25) is 14.3 Å². The van der Waals surface area contributed by atoms with Gasteiger partial charge in [0.05, 0.1) is 18.8 Å². The van der Waals surface area contributed by atoms with E-state index in [-0.39, 0.29) is 18.4 Å². The van der Waals surface area contributed by atoms with Crippen molar-refractivity contribution >= 4 is 17.9 Å². The van der Waals surface area contributed by atoms with Gasteiger partial charge in [-0.1, -0.05) is 60.2 Å². The zero-order chi connectivity index (χ0) is 21.5. The first-order chi connectivity index (χ1) is 14.4. The molecule has 6 heteroatoms. The van der Waals surface area contributed by atoms with Crippen LogP contribution in [0.4, 0.5) is 0 Å². The van der Waals surface area contributed by atoms with Crippen molar-refractivity contribution in [1.82, 2.24) is 20.0 Å². The molecule has 0 saturated carbocycles. The van der Waals surface area contributed by atoms with E-state index in [4.69, 9.17) is 5.10 Å². The van der Waals surface area contributed by atoms with Crippen LogP contribution in [0.15, 0.2) is 66.9 Å². The standard InChI is InChI=1S/C24H26N4O2/c1-18-9-11-19(12-10-18)16-28-17-21(24(26-28)20-7-5-4-6-8-20)13-14-22(29)25-15-23(30)27(2)3/h4-14,17H,15-16H2,1-3H3,(H,25,29)/b14-13+. The lowest BCUT2D eigenvalue weighted by Crippen LogP contribution is -2.35. The van der Waals surface area contributed by atoms with Gasteiger partial charge in [-0.15, -0.1) is 0 Å². The third kappa shape index (κ3) is 5.67. The Hall–Kier alpha value is -3.67. The van der Waals surface area contributed by atoms with Gasteiger partial charge in [-0.05, 0) is 18.6 Å². The van der Waals surface area contributed by atoms with Crippen LogP contribution in [0.5, 0.6) is 0 Å². The highest BCUT2D eigenvalue weighted by atomic mass is 16.2. The maximum atomic E-state index is 12.1. The lowest BCUT2D eigenvalue weighted by Gasteiger charge is -2.09. The number of likely N-dealkylation sites (N-methyl/N-ethyl adjacent to an activating group) is 1. The highest BCUT2D eigenvalue weighted by molar-refractivity contribution is 5.95. The van der Waals surface area contributed by atoms with Crippen molar-refractivity contribution in [3.63, 3.8) is 0 Å². The Balaban J connectivity index is 1.81. The van der Waals surface area contributed by atoms with Crippen LogP contribution in [-0.2, 0) is 16.1 Å². The fourth-order valence-corrected chi connectivity index (χ4v) is 2.89. The van der Waals surface area contributed by atoms with E-state index in [9.17, 15) is 9.59 Å². The van der Waals surface area contributed by atoms with Crippen molar-refractivity contribution in [3.8, 4) is 11.3 Å². The molecule has 0 atom stereocenters. The summed E-state index contributed by atoms with van der Waals surface area (Å²) in [4.78, 5) is 25.2. The van der Waals surface area contributed by atoms with E-state index in [1.807, 2.05) is 41.2 Å². The topological polar surface area (TPSA) is 67.2 Å². The van der Waals surface area contributed by atoms with E-state index in [2.05, 4.69) is 36.5 Å². The molecule has 3 rings (SSSR count). The molecule has 0 aliphatic rings. The number of carbonyl (C=O) groups is 2. The smallest absolute Gasteiger partial charge is 0.244 e. The average Bonchev–Trinajstić information content (AvgIpc) is 3.15. The Morgan fingerprint density at radius 2 is 1.77 bits per heavy atom. The Bertz CT molecular complexity index is 1030. The van der Waals surface area contributed by atoms with Gasteiger partial charge in [0, 0.05) is 37.5 Å². The molecule has 0 bridgehead atoms. The maximum absolute atomic E-state index is 12.1. The van der Waals surface area contributed by atoms with E-state index in [0.29, 0.717) is 6.54 Å². The molecule has 1 heterocycles. The van der Waals surface area contributed by atoms with Crippen LogP contribution < -0.4 is 5.32 Å². The Labute approximate surface area is 176 Å². The van der Waals surface area contributed by atoms with Crippen molar-refractivity contribution in [2.45, 2.75) is 13.5 Å². The van der Waals surface area contributed by atoms with Gasteiger partial charge in [0.2, 0.25) is 11.8 Å². The lowest BCUT2D eigenvalue weighted by atomic mass is 10.1. The molecular weight excluding hydrogens is 376 g/mol. The number of aromatic nitrogens is 2. The summed E-state index contributed by atoms with van der Waals surface area (Å²) in [6.07, 6.45) is 5.09. The second-order valence-corrected chi connectivity index (χ2v) is 7.32. The SMILES string of the molecule is Cc1ccc(Cn2cc(/C=C/C(=O)NCC(=O)N(C)C)c(-c3ccccc3)n2)cc1. The van der Waals surface area contributed by atoms with Crippen molar-refractivity contribution in [2.75, 3.05) is 20.6 Å². The molecule has 0 aliphatic carbocycles. The Morgan fingerprint density at radius 1 is 1.07 bits per heavy atom. The van der Waals surface area contributed by atoms with Crippen LogP contribution in [0.25, 0.3) is 17.3 Å². The zero-order valence-electron chi connectivity index (χ0n) is 17.5. The van der Waals surface area contributed by atoms with Crippen molar-refractivity contribution in [2.24, 2.45) is 0 Å². The molecular formula is C24H26N4O2. The molecule has 2 aromatic carbocycles. The molecule has 0 saturated heterocycles. The molecule has 30 heavy (non-hydrogen) atoms. The van der Waals surface area contributed by atoms with Crippen LogP contribution in [-0.4, -0.2) is 47.1 Å². The summed E-state index contributed by atoms with van der Waals surface area (Å²) in [6.45, 7) is 2.66. The van der Waals surface area contributed by atoms with Gasteiger partial charge in [0.25, 0.3) is 0 Å². The third-order valence-electron chi connectivity index (χ3n) is 4.63. The van der Waals surface area contributed by atoms with Crippen molar-refractivity contribution in [1.29, 1.82) is 0 Å². The predicted molar refractivity (Wildman–Crippen MR) is 119 cm³/mol. The number of benzene rings is 2. The van der Waals surface area contributed by atoms with Crippen LogP contribution in [0, 0.1) is 6.92 Å². The molecule has 154 valence electrons. The van der Waals surface area contributed by atoms with Gasteiger partial charge < -0.3 is 10.2 Å². The summed E-state index contributed by atoms with van der Waals surface area (Å²) < 4.78 is 1.88. The number of hydrogen-bond acceptors (Lipinski definition) is 3. The zero-order valence-corrected chi connectivity index (χ0v) is 17.5. The minimum atomic E-state index is -0.324. The summed E-state index contributed by atoms with van der Waals surface area (Å²) in [5, 5.41) is 7.35. The van der Waals surface area contributed by atoms with E-state index in [1.54, 1.807) is 20.2 Å². The second-order valence-electron chi connectivity index (χ2n) is 7.32. The number of nitrogens with one attached hydrogen (secondary N) is 1. The van der Waals surface area contributed by atoms with E-state index in [0.717, 1.165) is 22.4 Å². The van der Waals surface area contributed by atoms with Crippen LogP contribution in [0.2, 0.25) is 0 Å². The molecule has 1 aromatic heterocycles. The van der Waals surface area contributed by atoms with E-state index in [1.165, 1.54) is 16.5 Å². The molecule has 6 nitrogen and oxygen atoms in total. The number of hydrogen-bond donors (Lipinski definition) is 1. The fourth-order valence-electron chi connectivity index (χ4n) is 2.89. The second kappa shape index (κ2) is 9.69. The first kappa shape index (κ1) is 21.0. The summed E-state index contributed by atoms with van der Waals surface area (Å²) in [7, 11) is 3.30. The highest BCUT2D eigenvalue weighted by Gasteiger charge is 2.11. The highest BCUT2D eigenvalue weighted by Crippen LogP contribution is 2.23. The summed E-state index contributed by atoms with van der Waals surface area (Å²) in [6, 6.07) is 18.2. The molecule has 1 N–H and O–H groups in total. The Kier molecular flexibility index (Phi) is 6.80. The minimum absolute atomic E-state index is 0.0333. The van der Waals surface area contributed by atoms with Gasteiger partial charge in [0.15, 0.2) is 0 Å². The fraction of sp³-hybridized carbons (Fsp3) is 0.208. The third-order valence-corrected chi connectivity index (χ3v) is 4.63. The molecule has 0 unspecified atom stereocenters. The predicted octanol–water partition coefficient (Wildman–Crippen LogP) is 3.12. The van der Waals surface area contributed by atoms with E-state index < -0.39 is 0 Å². The molecule has 0 spiro atoms. The minimum Gasteiger partial charge on any atom is -0.347 e. The number of carbonyl (C=O) groups excluding carboxylic acids is 2. The number of amides is 2. The van der Waals surface area contributed by atoms with Gasteiger partial charge in [-0.25, -0.2) is 0 Å². The summed E-state index contributed by atoms with van der Waals surface area (Å²) in [5.41, 5.74) is 4.98.